The number of benzene rings is 1. The average molecular weight is 310 g/mol. The molecule has 1 saturated carbocycles. The van der Waals surface area contributed by atoms with E-state index in [9.17, 15) is 13.2 Å². The highest BCUT2D eigenvalue weighted by atomic mass is 32.2. The molecule has 1 aliphatic rings. The molecule has 1 aromatic rings. The van der Waals surface area contributed by atoms with Crippen LogP contribution in [0.4, 0.5) is 0 Å². The predicted molar refractivity (Wildman–Crippen MR) is 80.9 cm³/mol. The van der Waals surface area contributed by atoms with E-state index in [0.29, 0.717) is 6.54 Å². The van der Waals surface area contributed by atoms with Crippen LogP contribution in [0.5, 0.6) is 0 Å². The van der Waals surface area contributed by atoms with Crippen LogP contribution in [-0.2, 0) is 21.4 Å². The van der Waals surface area contributed by atoms with E-state index in [1.54, 1.807) is 12.1 Å². The highest BCUT2D eigenvalue weighted by molar-refractivity contribution is 7.89. The number of nitrogens with two attached hydrogens (primary N) is 1. The Morgan fingerprint density at radius 3 is 2.57 bits per heavy atom. The molecule has 6 heteroatoms. The van der Waals surface area contributed by atoms with Gasteiger partial charge in [0.1, 0.15) is 0 Å². The van der Waals surface area contributed by atoms with Crippen LogP contribution in [0.1, 0.15) is 44.6 Å². The third kappa shape index (κ3) is 3.63. The summed E-state index contributed by atoms with van der Waals surface area (Å²) in [5, 5.41) is 8.05. The molecule has 0 bridgehead atoms. The zero-order valence-corrected chi connectivity index (χ0v) is 13.1. The number of amides is 1. The quantitative estimate of drug-likeness (QED) is 0.870. The fourth-order valence-electron chi connectivity index (χ4n) is 3.00. The van der Waals surface area contributed by atoms with Gasteiger partial charge in [0.25, 0.3) is 0 Å². The number of sulfonamides is 1. The highest BCUT2D eigenvalue weighted by Gasteiger charge is 2.38. The van der Waals surface area contributed by atoms with Gasteiger partial charge in [0.2, 0.25) is 15.9 Å². The maximum atomic E-state index is 12.4. The molecule has 0 spiro atoms. The molecule has 1 aromatic carbocycles. The summed E-state index contributed by atoms with van der Waals surface area (Å²) >= 11 is 0. The van der Waals surface area contributed by atoms with Gasteiger partial charge < -0.3 is 5.32 Å². The van der Waals surface area contributed by atoms with Crippen molar-refractivity contribution in [1.29, 1.82) is 0 Å². The van der Waals surface area contributed by atoms with Crippen LogP contribution >= 0.6 is 0 Å². The minimum atomic E-state index is -3.71. The standard InChI is InChI=1S/C15H22N2O3S/c1-2-15(8-3-4-9-15)14(18)17-11-12-6-5-7-13(10-12)21(16,19)20/h5-7,10H,2-4,8-9,11H2,1H3,(H,17,18)(H2,16,19,20). The Bertz CT molecular complexity index is 620. The summed E-state index contributed by atoms with van der Waals surface area (Å²) in [7, 11) is -3.71. The first-order valence-electron chi connectivity index (χ1n) is 7.27. The van der Waals surface area contributed by atoms with Gasteiger partial charge in [-0.3, -0.25) is 4.79 Å². The Morgan fingerprint density at radius 2 is 2.00 bits per heavy atom. The average Bonchev–Trinajstić information content (AvgIpc) is 2.94. The number of hydrogen-bond acceptors (Lipinski definition) is 3. The van der Waals surface area contributed by atoms with Crippen molar-refractivity contribution in [1.82, 2.24) is 5.32 Å². The van der Waals surface area contributed by atoms with E-state index < -0.39 is 10.0 Å². The lowest BCUT2D eigenvalue weighted by Crippen LogP contribution is -2.38. The number of carbonyl (C=O) groups is 1. The maximum absolute atomic E-state index is 12.4. The molecule has 0 aliphatic heterocycles. The van der Waals surface area contributed by atoms with E-state index in [-0.39, 0.29) is 16.2 Å². The molecule has 0 heterocycles. The minimum Gasteiger partial charge on any atom is -0.352 e. The summed E-state index contributed by atoms with van der Waals surface area (Å²) in [6.07, 6.45) is 4.92. The van der Waals surface area contributed by atoms with Crippen molar-refractivity contribution in [3.63, 3.8) is 0 Å². The van der Waals surface area contributed by atoms with E-state index >= 15 is 0 Å². The number of nitrogens with one attached hydrogen (secondary N) is 1. The van der Waals surface area contributed by atoms with Gasteiger partial charge in [0.05, 0.1) is 4.90 Å². The van der Waals surface area contributed by atoms with Gasteiger partial charge in [-0.1, -0.05) is 31.9 Å². The Hall–Kier alpha value is -1.40. The molecule has 1 fully saturated rings. The highest BCUT2D eigenvalue weighted by Crippen LogP contribution is 2.41. The van der Waals surface area contributed by atoms with Crippen LogP contribution in [0.2, 0.25) is 0 Å². The monoisotopic (exact) mass is 310 g/mol. The Morgan fingerprint density at radius 1 is 1.33 bits per heavy atom. The van der Waals surface area contributed by atoms with Gasteiger partial charge in [0.15, 0.2) is 0 Å². The second-order valence-electron chi connectivity index (χ2n) is 5.72. The molecule has 3 N–H and O–H groups in total. The number of rotatable bonds is 5. The first-order valence-corrected chi connectivity index (χ1v) is 8.82. The third-order valence-corrected chi connectivity index (χ3v) is 5.31. The van der Waals surface area contributed by atoms with E-state index in [1.165, 1.54) is 12.1 Å². The molecule has 5 nitrogen and oxygen atoms in total. The molecule has 0 aromatic heterocycles. The molecule has 0 radical (unpaired) electrons. The molecule has 1 amide bonds. The lowest BCUT2D eigenvalue weighted by molar-refractivity contribution is -0.131. The van der Waals surface area contributed by atoms with E-state index in [1.807, 2.05) is 6.92 Å². The zero-order valence-electron chi connectivity index (χ0n) is 12.3. The molecule has 0 saturated heterocycles. The summed E-state index contributed by atoms with van der Waals surface area (Å²) < 4.78 is 22.6. The van der Waals surface area contributed by atoms with Gasteiger partial charge >= 0.3 is 0 Å². The van der Waals surface area contributed by atoms with Crippen molar-refractivity contribution in [2.45, 2.75) is 50.5 Å². The van der Waals surface area contributed by atoms with Crippen molar-refractivity contribution in [3.8, 4) is 0 Å². The lowest BCUT2D eigenvalue weighted by atomic mass is 9.82. The van der Waals surface area contributed by atoms with Crippen LogP contribution in [0.3, 0.4) is 0 Å². The maximum Gasteiger partial charge on any atom is 0.238 e. The second-order valence-corrected chi connectivity index (χ2v) is 7.28. The summed E-state index contributed by atoms with van der Waals surface area (Å²) in [5.74, 6) is 0.0727. The lowest BCUT2D eigenvalue weighted by Gasteiger charge is -2.26. The number of primary sulfonamides is 1. The predicted octanol–water partition coefficient (Wildman–Crippen LogP) is 1.92. The largest absolute Gasteiger partial charge is 0.352 e. The normalized spacial score (nSPS) is 17.6. The van der Waals surface area contributed by atoms with E-state index in [2.05, 4.69) is 5.32 Å². The van der Waals surface area contributed by atoms with Crippen molar-refractivity contribution in [3.05, 3.63) is 29.8 Å². The molecule has 2 rings (SSSR count). The molecular weight excluding hydrogens is 288 g/mol. The van der Waals surface area contributed by atoms with Crippen molar-refractivity contribution >= 4 is 15.9 Å². The van der Waals surface area contributed by atoms with Gasteiger partial charge in [-0.05, 0) is 37.0 Å². The molecule has 116 valence electrons. The molecule has 0 unspecified atom stereocenters. The fourth-order valence-corrected chi connectivity index (χ4v) is 3.58. The first kappa shape index (κ1) is 16.0. The minimum absolute atomic E-state index is 0.0697. The summed E-state index contributed by atoms with van der Waals surface area (Å²) in [6, 6.07) is 6.36. The summed E-state index contributed by atoms with van der Waals surface area (Å²) in [4.78, 5) is 12.5. The second kappa shape index (κ2) is 6.15. The van der Waals surface area contributed by atoms with Crippen LogP contribution in [0.25, 0.3) is 0 Å². The van der Waals surface area contributed by atoms with Crippen LogP contribution in [-0.4, -0.2) is 14.3 Å². The van der Waals surface area contributed by atoms with Crippen LogP contribution in [0.15, 0.2) is 29.2 Å². The van der Waals surface area contributed by atoms with Crippen LogP contribution in [0, 0.1) is 5.41 Å². The Balaban J connectivity index is 2.05. The SMILES string of the molecule is CCC1(C(=O)NCc2cccc(S(N)(=O)=O)c2)CCCC1. The molecule has 21 heavy (non-hydrogen) atoms. The third-order valence-electron chi connectivity index (χ3n) is 4.40. The van der Waals surface area contributed by atoms with E-state index in [0.717, 1.165) is 37.7 Å². The topological polar surface area (TPSA) is 89.3 Å². The van der Waals surface area contributed by atoms with Crippen molar-refractivity contribution in [2.75, 3.05) is 0 Å². The Kier molecular flexibility index (Phi) is 4.68. The first-order chi connectivity index (χ1) is 9.87. The molecule has 1 aliphatic carbocycles. The van der Waals surface area contributed by atoms with E-state index in [4.69, 9.17) is 5.14 Å². The summed E-state index contributed by atoms with van der Waals surface area (Å²) in [5.41, 5.74) is 0.497. The number of carbonyl (C=O) groups excluding carboxylic acids is 1. The fraction of sp³-hybridized carbons (Fsp3) is 0.533. The van der Waals surface area contributed by atoms with Gasteiger partial charge in [-0.25, -0.2) is 13.6 Å². The van der Waals surface area contributed by atoms with Crippen molar-refractivity contribution < 1.29 is 13.2 Å². The number of hydrogen-bond donors (Lipinski definition) is 2. The van der Waals surface area contributed by atoms with Crippen molar-refractivity contribution in [2.24, 2.45) is 10.6 Å². The van der Waals surface area contributed by atoms with Gasteiger partial charge in [-0.15, -0.1) is 0 Å². The smallest absolute Gasteiger partial charge is 0.238 e. The zero-order chi connectivity index (χ0) is 15.5. The summed E-state index contributed by atoms with van der Waals surface area (Å²) in [6.45, 7) is 2.37. The van der Waals surface area contributed by atoms with Crippen LogP contribution < -0.4 is 10.5 Å². The molecule has 0 atom stereocenters. The van der Waals surface area contributed by atoms with Gasteiger partial charge in [0, 0.05) is 12.0 Å². The van der Waals surface area contributed by atoms with Gasteiger partial charge in [-0.2, -0.15) is 0 Å². The molecular formula is C15H22N2O3S. The Labute approximate surface area is 126 Å².